The van der Waals surface area contributed by atoms with Gasteiger partial charge in [0.25, 0.3) is 11.8 Å². The Morgan fingerprint density at radius 1 is 0.941 bits per heavy atom. The lowest BCUT2D eigenvalue weighted by Crippen LogP contribution is -2.53. The lowest BCUT2D eigenvalue weighted by Gasteiger charge is -2.35. The van der Waals surface area contributed by atoms with Crippen LogP contribution in [0, 0.1) is 12.8 Å². The topological polar surface area (TPSA) is 91.7 Å². The van der Waals surface area contributed by atoms with Crippen LogP contribution in [-0.4, -0.2) is 41.8 Å². The van der Waals surface area contributed by atoms with E-state index in [9.17, 15) is 14.4 Å². The smallest absolute Gasteiger partial charge is 0.253 e. The number of benzene rings is 2. The van der Waals surface area contributed by atoms with Crippen molar-refractivity contribution >= 4 is 17.7 Å². The van der Waals surface area contributed by atoms with Crippen LogP contribution in [0.5, 0.6) is 0 Å². The van der Waals surface area contributed by atoms with Crippen LogP contribution in [0.1, 0.15) is 44.9 Å². The van der Waals surface area contributed by atoms with Gasteiger partial charge in [0.05, 0.1) is 12.8 Å². The van der Waals surface area contributed by atoms with Crippen molar-refractivity contribution < 1.29 is 18.8 Å². The standard InChI is InChI=1S/C27H29N3O4/c1-19-9-11-21(12-10-19)25(31)29-24(26(32)28-18-23-8-5-17-34-23)20-13-15-30(16-14-20)27(33)22-6-3-2-4-7-22/h2-12,17,20,24H,13-16,18H2,1H3,(H,28,32)(H,29,31). The highest BCUT2D eigenvalue weighted by molar-refractivity contribution is 5.97. The highest BCUT2D eigenvalue weighted by Gasteiger charge is 2.34. The van der Waals surface area contributed by atoms with Crippen LogP contribution in [0.15, 0.2) is 77.4 Å². The van der Waals surface area contributed by atoms with Gasteiger partial charge in [-0.05, 0) is 62.1 Å². The number of nitrogens with zero attached hydrogens (tertiary/aromatic N) is 1. The van der Waals surface area contributed by atoms with Crippen molar-refractivity contribution in [1.82, 2.24) is 15.5 Å². The Hall–Kier alpha value is -3.87. The van der Waals surface area contributed by atoms with Gasteiger partial charge in [-0.3, -0.25) is 14.4 Å². The van der Waals surface area contributed by atoms with Gasteiger partial charge in [0.1, 0.15) is 11.8 Å². The van der Waals surface area contributed by atoms with E-state index >= 15 is 0 Å². The Morgan fingerprint density at radius 2 is 1.65 bits per heavy atom. The monoisotopic (exact) mass is 459 g/mol. The fraction of sp³-hybridized carbons (Fsp3) is 0.296. The lowest BCUT2D eigenvalue weighted by molar-refractivity contribution is -0.124. The predicted octanol–water partition coefficient (Wildman–Crippen LogP) is 3.56. The third-order valence-corrected chi connectivity index (χ3v) is 6.22. The first-order chi connectivity index (χ1) is 16.5. The van der Waals surface area contributed by atoms with E-state index in [1.165, 1.54) is 0 Å². The van der Waals surface area contributed by atoms with Crippen LogP contribution >= 0.6 is 0 Å². The summed E-state index contributed by atoms with van der Waals surface area (Å²) >= 11 is 0. The molecule has 0 bridgehead atoms. The number of likely N-dealkylation sites (tertiary alicyclic amines) is 1. The fourth-order valence-corrected chi connectivity index (χ4v) is 4.22. The Labute approximate surface area is 199 Å². The minimum atomic E-state index is -0.710. The molecule has 7 nitrogen and oxygen atoms in total. The maximum absolute atomic E-state index is 13.1. The van der Waals surface area contributed by atoms with Crippen molar-refractivity contribution in [1.29, 1.82) is 0 Å². The summed E-state index contributed by atoms with van der Waals surface area (Å²) in [5, 5.41) is 5.82. The number of hydrogen-bond acceptors (Lipinski definition) is 4. The molecule has 1 saturated heterocycles. The van der Waals surface area contributed by atoms with Crippen LogP contribution in [0.25, 0.3) is 0 Å². The Balaban J connectivity index is 1.43. The summed E-state index contributed by atoms with van der Waals surface area (Å²) in [7, 11) is 0. The van der Waals surface area contributed by atoms with Crippen LogP contribution in [0.2, 0.25) is 0 Å². The summed E-state index contributed by atoms with van der Waals surface area (Å²) in [4.78, 5) is 40.7. The van der Waals surface area contributed by atoms with Gasteiger partial charge < -0.3 is 20.0 Å². The molecule has 2 N–H and O–H groups in total. The summed E-state index contributed by atoms with van der Waals surface area (Å²) in [6.07, 6.45) is 2.79. The van der Waals surface area contributed by atoms with Crippen LogP contribution < -0.4 is 10.6 Å². The number of carbonyl (C=O) groups excluding carboxylic acids is 3. The minimum absolute atomic E-state index is 0.0124. The van der Waals surface area contributed by atoms with Gasteiger partial charge >= 0.3 is 0 Å². The summed E-state index contributed by atoms with van der Waals surface area (Å²) in [6, 6.07) is 19.3. The molecule has 0 aliphatic carbocycles. The molecule has 1 atom stereocenters. The highest BCUT2D eigenvalue weighted by Crippen LogP contribution is 2.23. The molecule has 1 unspecified atom stereocenters. The van der Waals surface area contributed by atoms with E-state index in [4.69, 9.17) is 4.42 Å². The summed E-state index contributed by atoms with van der Waals surface area (Å²) in [5.41, 5.74) is 2.22. The molecule has 3 amide bonds. The second-order valence-electron chi connectivity index (χ2n) is 8.61. The van der Waals surface area contributed by atoms with Crippen LogP contribution in [-0.2, 0) is 11.3 Å². The maximum Gasteiger partial charge on any atom is 0.253 e. The number of hydrogen-bond donors (Lipinski definition) is 2. The first-order valence-corrected chi connectivity index (χ1v) is 11.5. The first kappa shape index (κ1) is 23.3. The Morgan fingerprint density at radius 3 is 2.29 bits per heavy atom. The molecule has 1 aliphatic rings. The quantitative estimate of drug-likeness (QED) is 0.565. The van der Waals surface area contributed by atoms with Crippen LogP contribution in [0.4, 0.5) is 0 Å². The number of carbonyl (C=O) groups is 3. The molecular formula is C27H29N3O4. The zero-order chi connectivity index (χ0) is 23.9. The molecule has 2 aromatic carbocycles. The summed E-state index contributed by atoms with van der Waals surface area (Å²) in [6.45, 7) is 3.26. The van der Waals surface area contributed by atoms with E-state index in [1.54, 1.807) is 42.7 Å². The first-order valence-electron chi connectivity index (χ1n) is 11.5. The van der Waals surface area contributed by atoms with E-state index in [2.05, 4.69) is 10.6 Å². The fourth-order valence-electron chi connectivity index (χ4n) is 4.22. The van der Waals surface area contributed by atoms with Gasteiger partial charge in [0.15, 0.2) is 0 Å². The molecule has 3 aromatic rings. The molecule has 1 fully saturated rings. The largest absolute Gasteiger partial charge is 0.467 e. The predicted molar refractivity (Wildman–Crippen MR) is 128 cm³/mol. The van der Waals surface area contributed by atoms with E-state index in [1.807, 2.05) is 42.2 Å². The molecule has 0 saturated carbocycles. The van der Waals surface area contributed by atoms with Crippen molar-refractivity contribution in [3.63, 3.8) is 0 Å². The number of rotatable bonds is 7. The SMILES string of the molecule is Cc1ccc(C(=O)NC(C(=O)NCc2ccco2)C2CCN(C(=O)c3ccccc3)CC2)cc1. The molecule has 176 valence electrons. The highest BCUT2D eigenvalue weighted by atomic mass is 16.3. The molecule has 4 rings (SSSR count). The summed E-state index contributed by atoms with van der Waals surface area (Å²) in [5.74, 6) is -0.0155. The molecule has 2 heterocycles. The van der Waals surface area contributed by atoms with E-state index < -0.39 is 6.04 Å². The van der Waals surface area contributed by atoms with Gasteiger partial charge in [-0.1, -0.05) is 35.9 Å². The van der Waals surface area contributed by atoms with E-state index in [0.717, 1.165) is 5.56 Å². The lowest BCUT2D eigenvalue weighted by atomic mass is 9.88. The average Bonchev–Trinajstić information content (AvgIpc) is 3.40. The zero-order valence-electron chi connectivity index (χ0n) is 19.2. The van der Waals surface area contributed by atoms with Gasteiger partial charge in [-0.25, -0.2) is 0 Å². The second-order valence-corrected chi connectivity index (χ2v) is 8.61. The second kappa shape index (κ2) is 10.8. The number of furan rings is 1. The van der Waals surface area contributed by atoms with Crippen LogP contribution in [0.3, 0.4) is 0 Å². The Bertz CT molecular complexity index is 1100. The molecule has 7 heteroatoms. The molecule has 1 aromatic heterocycles. The van der Waals surface area contributed by atoms with Gasteiger partial charge in [0, 0.05) is 24.2 Å². The third-order valence-electron chi connectivity index (χ3n) is 6.22. The Kier molecular flexibility index (Phi) is 7.42. The zero-order valence-corrected chi connectivity index (χ0v) is 19.2. The van der Waals surface area contributed by atoms with Crippen molar-refractivity contribution in [3.8, 4) is 0 Å². The van der Waals surface area contributed by atoms with Crippen molar-refractivity contribution in [3.05, 3.63) is 95.4 Å². The normalized spacial score (nSPS) is 14.9. The number of piperidine rings is 1. The molecule has 1 aliphatic heterocycles. The van der Waals surface area contributed by atoms with Crippen molar-refractivity contribution in [2.45, 2.75) is 32.4 Å². The molecule has 0 radical (unpaired) electrons. The molecular weight excluding hydrogens is 430 g/mol. The maximum atomic E-state index is 13.1. The van der Waals surface area contributed by atoms with Crippen molar-refractivity contribution in [2.75, 3.05) is 13.1 Å². The summed E-state index contributed by atoms with van der Waals surface area (Å²) < 4.78 is 5.31. The number of aryl methyl sites for hydroxylation is 1. The van der Waals surface area contributed by atoms with E-state index in [0.29, 0.717) is 42.8 Å². The van der Waals surface area contributed by atoms with E-state index in [-0.39, 0.29) is 30.2 Å². The number of amides is 3. The molecule has 34 heavy (non-hydrogen) atoms. The van der Waals surface area contributed by atoms with Gasteiger partial charge in [-0.2, -0.15) is 0 Å². The van der Waals surface area contributed by atoms with Gasteiger partial charge in [-0.15, -0.1) is 0 Å². The number of nitrogens with one attached hydrogen (secondary N) is 2. The molecule has 0 spiro atoms. The average molecular weight is 460 g/mol. The van der Waals surface area contributed by atoms with Gasteiger partial charge in [0.2, 0.25) is 5.91 Å². The third kappa shape index (κ3) is 5.73. The van der Waals surface area contributed by atoms with Crippen molar-refractivity contribution in [2.24, 2.45) is 5.92 Å². The minimum Gasteiger partial charge on any atom is -0.467 e.